The van der Waals surface area contributed by atoms with Gasteiger partial charge in [0.05, 0.1) is 12.1 Å². The molecule has 0 amide bonds. The smallest absolute Gasteiger partial charge is 0.204 e. The van der Waals surface area contributed by atoms with Gasteiger partial charge in [0.1, 0.15) is 0 Å². The van der Waals surface area contributed by atoms with Crippen LogP contribution in [-0.4, -0.2) is 15.2 Å². The Labute approximate surface area is 105 Å². The van der Waals surface area contributed by atoms with E-state index in [4.69, 9.17) is 16.0 Å². The highest BCUT2D eigenvalue weighted by atomic mass is 35.5. The maximum atomic E-state index is 11.8. The lowest BCUT2D eigenvalue weighted by Crippen LogP contribution is -2.02. The van der Waals surface area contributed by atoms with Crippen LogP contribution in [0.25, 0.3) is 4.96 Å². The average Bonchev–Trinajstić information content (AvgIpc) is 2.92. The maximum absolute atomic E-state index is 11.8. The van der Waals surface area contributed by atoms with Crippen molar-refractivity contribution >= 4 is 33.7 Å². The van der Waals surface area contributed by atoms with Gasteiger partial charge in [-0.25, -0.2) is 4.98 Å². The number of thiazole rings is 1. The van der Waals surface area contributed by atoms with Crippen LogP contribution in [0.5, 0.6) is 0 Å². The van der Waals surface area contributed by atoms with Gasteiger partial charge in [-0.1, -0.05) is 0 Å². The lowest BCUT2D eigenvalue weighted by atomic mass is 10.2. The van der Waals surface area contributed by atoms with Crippen molar-refractivity contribution in [3.05, 3.63) is 46.6 Å². The summed E-state index contributed by atoms with van der Waals surface area (Å²) in [6.07, 6.45) is 3.97. The summed E-state index contributed by atoms with van der Waals surface area (Å²) in [5.74, 6) is 0.147. The summed E-state index contributed by atoms with van der Waals surface area (Å²) in [6.45, 7) is 0. The quantitative estimate of drug-likeness (QED) is 0.685. The van der Waals surface area contributed by atoms with E-state index < -0.39 is 0 Å². The Kier molecular flexibility index (Phi) is 2.49. The first-order valence-corrected chi connectivity index (χ1v) is 6.18. The van der Waals surface area contributed by atoms with Gasteiger partial charge < -0.3 is 4.42 Å². The van der Waals surface area contributed by atoms with E-state index in [1.165, 1.54) is 11.3 Å². The number of hydrogen-bond acceptors (Lipinski definition) is 4. The molecule has 3 rings (SSSR count). The predicted octanol–water partition coefficient (Wildman–Crippen LogP) is 3.07. The molecule has 86 valence electrons. The third-order valence-corrected chi connectivity index (χ3v) is 3.31. The van der Waals surface area contributed by atoms with Gasteiger partial charge in [-0.05, 0) is 23.7 Å². The van der Waals surface area contributed by atoms with Gasteiger partial charge in [0.2, 0.25) is 5.78 Å². The molecule has 0 spiro atoms. The van der Waals surface area contributed by atoms with Crippen LogP contribution < -0.4 is 0 Å². The van der Waals surface area contributed by atoms with Crippen molar-refractivity contribution in [2.45, 2.75) is 6.42 Å². The summed E-state index contributed by atoms with van der Waals surface area (Å²) in [5, 5.41) is 2.17. The number of aromatic nitrogens is 2. The highest BCUT2D eigenvalue weighted by Crippen LogP contribution is 2.16. The first kappa shape index (κ1) is 10.6. The average molecular weight is 267 g/mol. The van der Waals surface area contributed by atoms with Crippen LogP contribution >= 0.6 is 22.9 Å². The summed E-state index contributed by atoms with van der Waals surface area (Å²) in [4.78, 5) is 17.0. The lowest BCUT2D eigenvalue weighted by Gasteiger charge is -1.92. The Hall–Kier alpha value is -1.59. The highest BCUT2D eigenvalue weighted by Gasteiger charge is 2.13. The number of carbonyl (C=O) groups is 1. The molecule has 4 nitrogen and oxygen atoms in total. The van der Waals surface area contributed by atoms with Crippen molar-refractivity contribution in [3.63, 3.8) is 0 Å². The maximum Gasteiger partial charge on any atom is 0.204 e. The normalized spacial score (nSPS) is 11.1. The van der Waals surface area contributed by atoms with E-state index in [0.29, 0.717) is 0 Å². The van der Waals surface area contributed by atoms with Crippen LogP contribution in [0.4, 0.5) is 0 Å². The second-order valence-electron chi connectivity index (χ2n) is 3.53. The van der Waals surface area contributed by atoms with Crippen molar-refractivity contribution < 1.29 is 9.21 Å². The van der Waals surface area contributed by atoms with Gasteiger partial charge in [-0.3, -0.25) is 9.20 Å². The second-order valence-corrected chi connectivity index (χ2v) is 4.77. The Morgan fingerprint density at radius 3 is 3.12 bits per heavy atom. The van der Waals surface area contributed by atoms with Gasteiger partial charge in [0, 0.05) is 17.8 Å². The molecule has 0 radical (unpaired) electrons. The van der Waals surface area contributed by atoms with Crippen molar-refractivity contribution in [1.29, 1.82) is 0 Å². The van der Waals surface area contributed by atoms with Crippen LogP contribution in [0, 0.1) is 0 Å². The minimum absolute atomic E-state index is 0.123. The van der Waals surface area contributed by atoms with E-state index in [1.54, 1.807) is 12.1 Å². The largest absolute Gasteiger partial charge is 0.442 e. The third-order valence-electron chi connectivity index (χ3n) is 2.33. The van der Waals surface area contributed by atoms with Crippen LogP contribution in [0.3, 0.4) is 0 Å². The SMILES string of the molecule is O=C(Cc1cn2ccsc2n1)c1ccc(Cl)o1. The zero-order chi connectivity index (χ0) is 11.8. The number of Topliss-reactive ketones (excluding diaryl/α,β-unsaturated/α-hetero) is 1. The summed E-state index contributed by atoms with van der Waals surface area (Å²) in [6, 6.07) is 3.13. The number of furan rings is 1. The fourth-order valence-corrected chi connectivity index (χ4v) is 2.44. The molecule has 0 saturated carbocycles. The monoisotopic (exact) mass is 266 g/mol. The number of ketones is 1. The molecule has 0 bridgehead atoms. The summed E-state index contributed by atoms with van der Waals surface area (Å²) in [7, 11) is 0. The zero-order valence-corrected chi connectivity index (χ0v) is 10.2. The van der Waals surface area contributed by atoms with E-state index >= 15 is 0 Å². The zero-order valence-electron chi connectivity index (χ0n) is 8.59. The minimum atomic E-state index is -0.123. The molecule has 0 aliphatic heterocycles. The predicted molar refractivity (Wildman–Crippen MR) is 64.8 cm³/mol. The molecule has 0 fully saturated rings. The van der Waals surface area contributed by atoms with E-state index in [0.717, 1.165) is 10.7 Å². The molecule has 6 heteroatoms. The molecule has 3 aromatic heterocycles. The Morgan fingerprint density at radius 1 is 1.53 bits per heavy atom. The topological polar surface area (TPSA) is 47.5 Å². The Balaban J connectivity index is 1.83. The van der Waals surface area contributed by atoms with Crippen LogP contribution in [-0.2, 0) is 6.42 Å². The Morgan fingerprint density at radius 2 is 2.41 bits per heavy atom. The van der Waals surface area contributed by atoms with Crippen molar-refractivity contribution in [3.8, 4) is 0 Å². The number of rotatable bonds is 3. The summed E-state index contributed by atoms with van der Waals surface area (Å²) >= 11 is 7.15. The van der Waals surface area contributed by atoms with Crippen molar-refractivity contribution in [2.24, 2.45) is 0 Å². The van der Waals surface area contributed by atoms with Crippen LogP contribution in [0.15, 0.2) is 34.3 Å². The molecular formula is C11H7ClN2O2S. The van der Waals surface area contributed by atoms with E-state index in [2.05, 4.69) is 4.98 Å². The van der Waals surface area contributed by atoms with Gasteiger partial charge in [0.25, 0.3) is 0 Å². The van der Waals surface area contributed by atoms with Crippen LogP contribution in [0.1, 0.15) is 16.2 Å². The van der Waals surface area contributed by atoms with E-state index in [1.807, 2.05) is 22.2 Å². The highest BCUT2D eigenvalue weighted by molar-refractivity contribution is 7.15. The number of imidazole rings is 1. The molecule has 0 aliphatic carbocycles. The molecule has 3 heterocycles. The van der Waals surface area contributed by atoms with Crippen molar-refractivity contribution in [1.82, 2.24) is 9.38 Å². The molecular weight excluding hydrogens is 260 g/mol. The molecule has 3 aromatic rings. The van der Waals surface area contributed by atoms with Gasteiger partial charge in [-0.2, -0.15) is 0 Å². The fraction of sp³-hybridized carbons (Fsp3) is 0.0909. The summed E-state index contributed by atoms with van der Waals surface area (Å²) < 4.78 is 6.95. The molecule has 17 heavy (non-hydrogen) atoms. The van der Waals surface area contributed by atoms with Gasteiger partial charge in [-0.15, -0.1) is 11.3 Å². The molecule has 0 aromatic carbocycles. The molecule has 0 unspecified atom stereocenters. The molecule has 0 aliphatic rings. The first-order chi connectivity index (χ1) is 8.22. The molecule has 0 N–H and O–H groups in total. The molecule has 0 atom stereocenters. The van der Waals surface area contributed by atoms with Gasteiger partial charge in [0.15, 0.2) is 15.9 Å². The summed E-state index contributed by atoms with van der Waals surface area (Å²) in [5.41, 5.74) is 0.731. The Bertz CT molecular complexity index is 654. The molecule has 0 saturated heterocycles. The van der Waals surface area contributed by atoms with E-state index in [9.17, 15) is 4.79 Å². The number of fused-ring (bicyclic) bond motifs is 1. The van der Waals surface area contributed by atoms with Crippen molar-refractivity contribution in [2.75, 3.05) is 0 Å². The number of carbonyl (C=O) groups excluding carboxylic acids is 1. The first-order valence-electron chi connectivity index (χ1n) is 4.92. The standard InChI is InChI=1S/C11H7ClN2O2S/c12-10-2-1-9(16-10)8(15)5-7-6-14-3-4-17-11(14)13-7/h1-4,6H,5H2. The fourth-order valence-electron chi connectivity index (χ4n) is 1.58. The third kappa shape index (κ3) is 1.99. The number of hydrogen-bond donors (Lipinski definition) is 0. The number of halogens is 1. The van der Waals surface area contributed by atoms with E-state index in [-0.39, 0.29) is 23.2 Å². The lowest BCUT2D eigenvalue weighted by molar-refractivity contribution is 0.0965. The number of nitrogens with zero attached hydrogens (tertiary/aromatic N) is 2. The minimum Gasteiger partial charge on any atom is -0.442 e. The van der Waals surface area contributed by atoms with Gasteiger partial charge >= 0.3 is 0 Å². The second kappa shape index (κ2) is 4.01. The van der Waals surface area contributed by atoms with Crippen LogP contribution in [0.2, 0.25) is 5.22 Å².